The van der Waals surface area contributed by atoms with Gasteiger partial charge in [0.2, 0.25) is 5.91 Å². The Morgan fingerprint density at radius 2 is 1.88 bits per heavy atom. The summed E-state index contributed by atoms with van der Waals surface area (Å²) in [6.45, 7) is 10.2. The molecule has 0 aromatic heterocycles. The zero-order valence-corrected chi connectivity index (χ0v) is 16.3. The maximum absolute atomic E-state index is 12.9. The molecule has 0 bridgehead atoms. The minimum absolute atomic E-state index is 0.0314. The summed E-state index contributed by atoms with van der Waals surface area (Å²) in [5.74, 6) is 0.0803. The van der Waals surface area contributed by atoms with Crippen LogP contribution in [0.5, 0.6) is 0 Å². The van der Waals surface area contributed by atoms with Crippen molar-refractivity contribution in [3.8, 4) is 0 Å². The zero-order valence-electron chi connectivity index (χ0n) is 16.3. The summed E-state index contributed by atoms with van der Waals surface area (Å²) in [6.07, 6.45) is 0.934. The van der Waals surface area contributed by atoms with Crippen molar-refractivity contribution in [3.63, 3.8) is 0 Å². The molecule has 3 N–H and O–H groups in total. The molecule has 3 atom stereocenters. The zero-order chi connectivity index (χ0) is 18.9. The van der Waals surface area contributed by atoms with Crippen molar-refractivity contribution in [2.75, 3.05) is 13.1 Å². The third-order valence-corrected chi connectivity index (χ3v) is 5.92. The first kappa shape index (κ1) is 18.9. The van der Waals surface area contributed by atoms with Gasteiger partial charge in [0.15, 0.2) is 0 Å². The van der Waals surface area contributed by atoms with E-state index in [0.717, 1.165) is 25.1 Å². The molecule has 0 saturated carbocycles. The van der Waals surface area contributed by atoms with E-state index in [0.29, 0.717) is 0 Å². The van der Waals surface area contributed by atoms with Gasteiger partial charge in [-0.2, -0.15) is 0 Å². The fraction of sp³-hybridized carbons (Fsp3) is 0.500. The molecule has 1 amide bonds. The third-order valence-electron chi connectivity index (χ3n) is 5.92. The van der Waals surface area contributed by atoms with Crippen LogP contribution in [0.15, 0.2) is 42.5 Å². The molecule has 0 spiro atoms. The SMILES string of the molecule is CC(NC(=O)C(C)N1CCC(N)C(C)(C)C1)c1cccc2ccccc12. The number of nitrogens with zero attached hydrogens (tertiary/aromatic N) is 1. The molecule has 1 heterocycles. The van der Waals surface area contributed by atoms with E-state index in [2.05, 4.69) is 61.3 Å². The van der Waals surface area contributed by atoms with Crippen molar-refractivity contribution in [2.45, 2.75) is 52.2 Å². The summed E-state index contributed by atoms with van der Waals surface area (Å²) in [6, 6.07) is 14.6. The predicted octanol–water partition coefficient (Wildman–Crippen LogP) is 3.46. The van der Waals surface area contributed by atoms with Gasteiger partial charge >= 0.3 is 0 Å². The second-order valence-corrected chi connectivity index (χ2v) is 8.33. The number of hydrogen-bond donors (Lipinski definition) is 2. The van der Waals surface area contributed by atoms with Crippen LogP contribution in [0, 0.1) is 5.41 Å². The van der Waals surface area contributed by atoms with E-state index in [-0.39, 0.29) is 29.4 Å². The number of nitrogens with two attached hydrogens (primary N) is 1. The van der Waals surface area contributed by atoms with Crippen LogP contribution < -0.4 is 11.1 Å². The molecule has 140 valence electrons. The first-order chi connectivity index (χ1) is 12.3. The van der Waals surface area contributed by atoms with Gasteiger partial charge in [-0.05, 0) is 42.0 Å². The van der Waals surface area contributed by atoms with E-state index in [1.807, 2.05) is 19.1 Å². The van der Waals surface area contributed by atoms with Crippen LogP contribution in [-0.2, 0) is 4.79 Å². The van der Waals surface area contributed by atoms with Crippen LogP contribution in [0.3, 0.4) is 0 Å². The van der Waals surface area contributed by atoms with Crippen molar-refractivity contribution < 1.29 is 4.79 Å². The molecule has 2 aromatic carbocycles. The fourth-order valence-electron chi connectivity index (χ4n) is 3.95. The number of fused-ring (bicyclic) bond motifs is 1. The Morgan fingerprint density at radius 1 is 1.19 bits per heavy atom. The lowest BCUT2D eigenvalue weighted by molar-refractivity contribution is -0.127. The smallest absolute Gasteiger partial charge is 0.237 e. The van der Waals surface area contributed by atoms with Crippen LogP contribution in [-0.4, -0.2) is 36.0 Å². The average molecular weight is 354 g/mol. The maximum Gasteiger partial charge on any atom is 0.237 e. The predicted molar refractivity (Wildman–Crippen MR) is 108 cm³/mol. The van der Waals surface area contributed by atoms with Crippen molar-refractivity contribution in [3.05, 3.63) is 48.0 Å². The number of carbonyl (C=O) groups is 1. The molecule has 1 fully saturated rings. The van der Waals surface area contributed by atoms with E-state index >= 15 is 0 Å². The quantitative estimate of drug-likeness (QED) is 0.885. The van der Waals surface area contributed by atoms with E-state index in [4.69, 9.17) is 5.73 Å². The van der Waals surface area contributed by atoms with Gasteiger partial charge in [0.1, 0.15) is 0 Å². The second kappa shape index (κ2) is 7.37. The lowest BCUT2D eigenvalue weighted by atomic mass is 9.79. The molecule has 3 rings (SSSR count). The number of likely N-dealkylation sites (tertiary alicyclic amines) is 1. The number of nitrogens with one attached hydrogen (secondary N) is 1. The Hall–Kier alpha value is -1.91. The highest BCUT2D eigenvalue weighted by Gasteiger charge is 2.36. The summed E-state index contributed by atoms with van der Waals surface area (Å²) in [4.78, 5) is 15.1. The summed E-state index contributed by atoms with van der Waals surface area (Å²) in [5.41, 5.74) is 7.43. The highest BCUT2D eigenvalue weighted by Crippen LogP contribution is 2.29. The average Bonchev–Trinajstić information content (AvgIpc) is 2.62. The van der Waals surface area contributed by atoms with E-state index in [9.17, 15) is 4.79 Å². The Labute approximate surface area is 156 Å². The molecule has 4 heteroatoms. The number of hydrogen-bond acceptors (Lipinski definition) is 3. The summed E-state index contributed by atoms with van der Waals surface area (Å²) < 4.78 is 0. The molecular formula is C22H31N3O. The minimum atomic E-state index is -0.154. The first-order valence-electron chi connectivity index (χ1n) is 9.57. The maximum atomic E-state index is 12.9. The standard InChI is InChI=1S/C22H31N3O/c1-15(18-11-7-9-17-8-5-6-10-19(17)18)24-21(26)16(2)25-13-12-20(23)22(3,4)14-25/h5-11,15-16,20H,12-14,23H2,1-4H3,(H,24,26). The Balaban J connectivity index is 1.71. The van der Waals surface area contributed by atoms with E-state index in [1.165, 1.54) is 10.8 Å². The number of benzene rings is 2. The highest BCUT2D eigenvalue weighted by atomic mass is 16.2. The summed E-state index contributed by atoms with van der Waals surface area (Å²) >= 11 is 0. The molecule has 0 radical (unpaired) electrons. The Morgan fingerprint density at radius 3 is 2.62 bits per heavy atom. The molecular weight excluding hydrogens is 322 g/mol. The van der Waals surface area contributed by atoms with Crippen LogP contribution in [0.2, 0.25) is 0 Å². The molecule has 1 aliphatic rings. The van der Waals surface area contributed by atoms with Crippen LogP contribution >= 0.6 is 0 Å². The number of carbonyl (C=O) groups excluding carboxylic acids is 1. The number of rotatable bonds is 4. The minimum Gasteiger partial charge on any atom is -0.348 e. The molecule has 26 heavy (non-hydrogen) atoms. The Kier molecular flexibility index (Phi) is 5.35. The van der Waals surface area contributed by atoms with Crippen LogP contribution in [0.25, 0.3) is 10.8 Å². The number of amides is 1. The van der Waals surface area contributed by atoms with Crippen LogP contribution in [0.4, 0.5) is 0 Å². The molecule has 4 nitrogen and oxygen atoms in total. The normalized spacial score (nSPS) is 22.7. The van der Waals surface area contributed by atoms with Gasteiger partial charge in [0, 0.05) is 19.1 Å². The molecule has 0 aliphatic carbocycles. The monoisotopic (exact) mass is 353 g/mol. The topological polar surface area (TPSA) is 58.4 Å². The van der Waals surface area contributed by atoms with Gasteiger partial charge in [0.25, 0.3) is 0 Å². The lowest BCUT2D eigenvalue weighted by Crippen LogP contribution is -2.57. The van der Waals surface area contributed by atoms with E-state index < -0.39 is 0 Å². The van der Waals surface area contributed by atoms with Gasteiger partial charge in [-0.25, -0.2) is 0 Å². The summed E-state index contributed by atoms with van der Waals surface area (Å²) in [5, 5.41) is 5.61. The number of piperidine rings is 1. The first-order valence-corrected chi connectivity index (χ1v) is 9.57. The largest absolute Gasteiger partial charge is 0.348 e. The van der Waals surface area contributed by atoms with Gasteiger partial charge < -0.3 is 11.1 Å². The van der Waals surface area contributed by atoms with Crippen LogP contribution in [0.1, 0.15) is 45.7 Å². The Bertz CT molecular complexity index is 781. The molecule has 1 saturated heterocycles. The lowest BCUT2D eigenvalue weighted by Gasteiger charge is -2.44. The van der Waals surface area contributed by atoms with Crippen molar-refractivity contribution in [1.29, 1.82) is 0 Å². The fourth-order valence-corrected chi connectivity index (χ4v) is 3.95. The van der Waals surface area contributed by atoms with Crippen molar-refractivity contribution >= 4 is 16.7 Å². The molecule has 3 unspecified atom stereocenters. The van der Waals surface area contributed by atoms with E-state index in [1.54, 1.807) is 0 Å². The van der Waals surface area contributed by atoms with Gasteiger partial charge in [-0.3, -0.25) is 9.69 Å². The second-order valence-electron chi connectivity index (χ2n) is 8.33. The van der Waals surface area contributed by atoms with Gasteiger partial charge in [-0.1, -0.05) is 56.3 Å². The molecule has 1 aliphatic heterocycles. The third kappa shape index (κ3) is 3.76. The van der Waals surface area contributed by atoms with Gasteiger partial charge in [0.05, 0.1) is 12.1 Å². The van der Waals surface area contributed by atoms with Crippen molar-refractivity contribution in [1.82, 2.24) is 10.2 Å². The highest BCUT2D eigenvalue weighted by molar-refractivity contribution is 5.87. The van der Waals surface area contributed by atoms with Crippen molar-refractivity contribution in [2.24, 2.45) is 11.1 Å². The summed E-state index contributed by atoms with van der Waals surface area (Å²) in [7, 11) is 0. The molecule has 2 aromatic rings. The van der Waals surface area contributed by atoms with Gasteiger partial charge in [-0.15, -0.1) is 0 Å².